The molecule has 1 saturated carbocycles. The first-order valence-electron chi connectivity index (χ1n) is 7.94. The van der Waals surface area contributed by atoms with Crippen molar-refractivity contribution in [1.29, 1.82) is 0 Å². The van der Waals surface area contributed by atoms with Crippen molar-refractivity contribution < 1.29 is 4.74 Å². The van der Waals surface area contributed by atoms with Gasteiger partial charge in [0.05, 0.1) is 6.54 Å². The Balaban J connectivity index is 1.91. The monoisotopic (exact) mass is 290 g/mol. The van der Waals surface area contributed by atoms with Crippen LogP contribution in [-0.4, -0.2) is 23.6 Å². The fraction of sp³-hybridized carbons (Fsp3) is 0.625. The first-order chi connectivity index (χ1) is 10.3. The molecule has 0 spiro atoms. The Labute approximate surface area is 127 Å². The molecule has 5 nitrogen and oxygen atoms in total. The first kappa shape index (κ1) is 15.6. The molecule has 5 heteroatoms. The van der Waals surface area contributed by atoms with E-state index in [9.17, 15) is 0 Å². The van der Waals surface area contributed by atoms with Crippen LogP contribution in [0.2, 0.25) is 0 Å². The molecule has 0 aliphatic heterocycles. The summed E-state index contributed by atoms with van der Waals surface area (Å²) in [6.45, 7) is 3.52. The number of aromatic nitrogens is 1. The van der Waals surface area contributed by atoms with Gasteiger partial charge in [-0.2, -0.15) is 0 Å². The number of guanidine groups is 1. The van der Waals surface area contributed by atoms with Gasteiger partial charge in [0.2, 0.25) is 5.88 Å². The summed E-state index contributed by atoms with van der Waals surface area (Å²) in [7, 11) is 0. The minimum absolute atomic E-state index is 0.308. The molecule has 0 unspecified atom stereocenters. The smallest absolute Gasteiger partial charge is 0.218 e. The van der Waals surface area contributed by atoms with Crippen LogP contribution in [-0.2, 0) is 6.54 Å². The summed E-state index contributed by atoms with van der Waals surface area (Å²) in [6, 6.07) is 3.91. The van der Waals surface area contributed by atoms with Crippen molar-refractivity contribution in [3.63, 3.8) is 0 Å². The van der Waals surface area contributed by atoms with E-state index in [1.807, 2.05) is 12.1 Å². The fourth-order valence-corrected chi connectivity index (χ4v) is 2.43. The lowest BCUT2D eigenvalue weighted by molar-refractivity contribution is 0.199. The average Bonchev–Trinajstić information content (AvgIpc) is 3.00. The largest absolute Gasteiger partial charge is 0.474 e. The van der Waals surface area contributed by atoms with Crippen LogP contribution in [0.5, 0.6) is 5.88 Å². The van der Waals surface area contributed by atoms with Gasteiger partial charge in [-0.1, -0.05) is 19.4 Å². The highest BCUT2D eigenvalue weighted by Gasteiger charge is 2.18. The highest BCUT2D eigenvalue weighted by Crippen LogP contribution is 2.25. The zero-order chi connectivity index (χ0) is 14.9. The third-order valence-electron chi connectivity index (χ3n) is 3.69. The zero-order valence-electron chi connectivity index (χ0n) is 12.8. The molecule has 0 bridgehead atoms. The van der Waals surface area contributed by atoms with E-state index < -0.39 is 0 Å². The summed E-state index contributed by atoms with van der Waals surface area (Å²) in [4.78, 5) is 8.71. The molecule has 3 N–H and O–H groups in total. The predicted octanol–water partition coefficient (Wildman–Crippen LogP) is 2.61. The van der Waals surface area contributed by atoms with Crippen LogP contribution in [0.25, 0.3) is 0 Å². The molecular formula is C16H26N4O. The number of hydrogen-bond donors (Lipinski definition) is 2. The Morgan fingerprint density at radius 2 is 2.29 bits per heavy atom. The molecule has 0 radical (unpaired) electrons. The van der Waals surface area contributed by atoms with E-state index in [1.165, 1.54) is 12.8 Å². The number of pyridine rings is 1. The number of nitrogens with two attached hydrogens (primary N) is 1. The second kappa shape index (κ2) is 8.49. The van der Waals surface area contributed by atoms with Gasteiger partial charge in [-0.15, -0.1) is 0 Å². The van der Waals surface area contributed by atoms with E-state index in [1.54, 1.807) is 6.20 Å². The van der Waals surface area contributed by atoms with E-state index in [0.717, 1.165) is 37.8 Å². The maximum atomic E-state index is 6.00. The molecule has 1 aliphatic carbocycles. The molecule has 0 saturated heterocycles. The van der Waals surface area contributed by atoms with Crippen molar-refractivity contribution in [3.8, 4) is 5.88 Å². The highest BCUT2D eigenvalue weighted by molar-refractivity contribution is 5.77. The van der Waals surface area contributed by atoms with Crippen LogP contribution >= 0.6 is 0 Å². The third kappa shape index (κ3) is 5.25. The van der Waals surface area contributed by atoms with Crippen molar-refractivity contribution >= 4 is 5.96 Å². The first-order valence-corrected chi connectivity index (χ1v) is 7.94. The van der Waals surface area contributed by atoms with Gasteiger partial charge in [-0.3, -0.25) is 0 Å². The van der Waals surface area contributed by atoms with Gasteiger partial charge in [-0.25, -0.2) is 9.98 Å². The van der Waals surface area contributed by atoms with Gasteiger partial charge in [0.15, 0.2) is 5.96 Å². The van der Waals surface area contributed by atoms with E-state index in [-0.39, 0.29) is 0 Å². The number of rotatable bonds is 7. The minimum Gasteiger partial charge on any atom is -0.474 e. The third-order valence-corrected chi connectivity index (χ3v) is 3.69. The topological polar surface area (TPSA) is 72.5 Å². The van der Waals surface area contributed by atoms with Gasteiger partial charge >= 0.3 is 0 Å². The molecule has 1 aromatic heterocycles. The molecule has 116 valence electrons. The van der Waals surface area contributed by atoms with Crippen LogP contribution in [0.3, 0.4) is 0 Å². The Hall–Kier alpha value is -1.78. The SMILES string of the molecule is CCCCNC(N)=NCc1cccnc1OC1CCCC1. The molecule has 0 atom stereocenters. The van der Waals surface area contributed by atoms with Crippen LogP contribution in [0, 0.1) is 0 Å². The van der Waals surface area contributed by atoms with Gasteiger partial charge in [0, 0.05) is 18.3 Å². The zero-order valence-corrected chi connectivity index (χ0v) is 12.8. The Morgan fingerprint density at radius 1 is 1.48 bits per heavy atom. The Bertz CT molecular complexity index is 455. The lowest BCUT2D eigenvalue weighted by Crippen LogP contribution is -2.32. The molecular weight excluding hydrogens is 264 g/mol. The average molecular weight is 290 g/mol. The molecule has 1 aromatic rings. The van der Waals surface area contributed by atoms with E-state index in [0.29, 0.717) is 24.5 Å². The lowest BCUT2D eigenvalue weighted by Gasteiger charge is -2.14. The minimum atomic E-state index is 0.308. The summed E-state index contributed by atoms with van der Waals surface area (Å²) in [5.74, 6) is 1.19. The molecule has 1 fully saturated rings. The van der Waals surface area contributed by atoms with Crippen molar-refractivity contribution in [2.75, 3.05) is 6.54 Å². The van der Waals surface area contributed by atoms with Gasteiger partial charge in [0.1, 0.15) is 6.10 Å². The highest BCUT2D eigenvalue weighted by atomic mass is 16.5. The van der Waals surface area contributed by atoms with Gasteiger partial charge in [0.25, 0.3) is 0 Å². The van der Waals surface area contributed by atoms with Crippen LogP contribution in [0.1, 0.15) is 51.0 Å². The van der Waals surface area contributed by atoms with E-state index >= 15 is 0 Å². The van der Waals surface area contributed by atoms with Crippen molar-refractivity contribution in [3.05, 3.63) is 23.9 Å². The number of nitrogens with zero attached hydrogens (tertiary/aromatic N) is 2. The Kier molecular flexibility index (Phi) is 6.31. The van der Waals surface area contributed by atoms with Crippen molar-refractivity contribution in [2.24, 2.45) is 10.7 Å². The van der Waals surface area contributed by atoms with Crippen LogP contribution in [0.15, 0.2) is 23.3 Å². The number of ether oxygens (including phenoxy) is 1. The quantitative estimate of drug-likeness (QED) is 0.460. The lowest BCUT2D eigenvalue weighted by atomic mass is 10.2. The summed E-state index contributed by atoms with van der Waals surface area (Å²) in [6.07, 6.45) is 9.06. The summed E-state index contributed by atoms with van der Waals surface area (Å²) in [5, 5.41) is 3.11. The molecule has 0 amide bonds. The molecule has 21 heavy (non-hydrogen) atoms. The van der Waals surface area contributed by atoms with Gasteiger partial charge in [-0.05, 0) is 38.2 Å². The second-order valence-electron chi connectivity index (χ2n) is 5.47. The van der Waals surface area contributed by atoms with E-state index in [2.05, 4.69) is 22.2 Å². The molecule has 1 aliphatic rings. The van der Waals surface area contributed by atoms with Crippen LogP contribution < -0.4 is 15.8 Å². The summed E-state index contributed by atoms with van der Waals surface area (Å²) >= 11 is 0. The fourth-order valence-electron chi connectivity index (χ4n) is 2.43. The van der Waals surface area contributed by atoms with Crippen LogP contribution in [0.4, 0.5) is 0 Å². The maximum Gasteiger partial charge on any atom is 0.218 e. The number of aliphatic imine (C=N–C) groups is 1. The number of unbranched alkanes of at least 4 members (excludes halogenated alkanes) is 1. The van der Waals surface area contributed by atoms with E-state index in [4.69, 9.17) is 10.5 Å². The Morgan fingerprint density at radius 3 is 3.05 bits per heavy atom. The summed E-state index contributed by atoms with van der Waals surface area (Å²) < 4.78 is 6.00. The number of hydrogen-bond acceptors (Lipinski definition) is 3. The van der Waals surface area contributed by atoms with Crippen molar-refractivity contribution in [2.45, 2.75) is 58.1 Å². The predicted molar refractivity (Wildman–Crippen MR) is 85.4 cm³/mol. The number of nitrogens with one attached hydrogen (secondary N) is 1. The maximum absolute atomic E-state index is 6.00. The molecule has 0 aromatic carbocycles. The molecule has 2 rings (SSSR count). The van der Waals surface area contributed by atoms with Gasteiger partial charge < -0.3 is 15.8 Å². The standard InChI is InChI=1S/C16H26N4O/c1-2-3-10-19-16(17)20-12-13-7-6-11-18-15(13)21-14-8-4-5-9-14/h6-7,11,14H,2-5,8-10,12H2,1H3,(H3,17,19,20). The van der Waals surface area contributed by atoms with Crippen molar-refractivity contribution in [1.82, 2.24) is 10.3 Å². The normalized spacial score (nSPS) is 16.1. The second-order valence-corrected chi connectivity index (χ2v) is 5.47. The molecule has 1 heterocycles. The summed E-state index contributed by atoms with van der Waals surface area (Å²) in [5.41, 5.74) is 6.84.